The second kappa shape index (κ2) is 5.28. The van der Waals surface area contributed by atoms with E-state index in [9.17, 15) is 13.2 Å². The van der Waals surface area contributed by atoms with Crippen molar-refractivity contribution in [2.45, 2.75) is 4.90 Å². The van der Waals surface area contributed by atoms with Gasteiger partial charge >= 0.3 is 5.63 Å². The molecule has 1 aromatic heterocycles. The minimum Gasteiger partial charge on any atom is -0.338 e. The van der Waals surface area contributed by atoms with E-state index in [1.165, 1.54) is 24.3 Å². The fourth-order valence-corrected chi connectivity index (χ4v) is 2.70. The van der Waals surface area contributed by atoms with Crippen LogP contribution in [0.25, 0.3) is 22.4 Å². The van der Waals surface area contributed by atoms with E-state index in [2.05, 4.69) is 5.16 Å². The predicted octanol–water partition coefficient (Wildman–Crippen LogP) is 1.95. The SMILES string of the molecule is NS(=O)(=O)c1ccc(-c2c(-c3ccccc3)[nH]oc2=O)cc1. The largest absolute Gasteiger partial charge is 0.365 e. The first kappa shape index (κ1) is 14.3. The highest BCUT2D eigenvalue weighted by molar-refractivity contribution is 7.89. The average Bonchev–Trinajstić information content (AvgIpc) is 2.89. The summed E-state index contributed by atoms with van der Waals surface area (Å²) in [6.45, 7) is 0. The van der Waals surface area contributed by atoms with Gasteiger partial charge in [-0.05, 0) is 17.7 Å². The van der Waals surface area contributed by atoms with Crippen LogP contribution >= 0.6 is 0 Å². The van der Waals surface area contributed by atoms with Crippen LogP contribution in [0.5, 0.6) is 0 Å². The molecule has 0 spiro atoms. The highest BCUT2D eigenvalue weighted by Crippen LogP contribution is 2.28. The molecule has 0 fully saturated rings. The van der Waals surface area contributed by atoms with Gasteiger partial charge in [0.2, 0.25) is 10.0 Å². The maximum Gasteiger partial charge on any atom is 0.365 e. The maximum absolute atomic E-state index is 12.0. The summed E-state index contributed by atoms with van der Waals surface area (Å²) >= 11 is 0. The number of nitrogens with one attached hydrogen (secondary N) is 1. The Kier molecular flexibility index (Phi) is 3.44. The molecule has 3 N–H and O–H groups in total. The van der Waals surface area contributed by atoms with E-state index >= 15 is 0 Å². The first-order valence-electron chi connectivity index (χ1n) is 6.37. The molecule has 0 atom stereocenters. The van der Waals surface area contributed by atoms with Crippen molar-refractivity contribution in [2.24, 2.45) is 5.14 Å². The third-order valence-electron chi connectivity index (χ3n) is 3.23. The molecule has 7 heteroatoms. The number of rotatable bonds is 3. The third-order valence-corrected chi connectivity index (χ3v) is 4.16. The van der Waals surface area contributed by atoms with Gasteiger partial charge < -0.3 is 4.52 Å². The first-order chi connectivity index (χ1) is 10.5. The Morgan fingerprint density at radius 3 is 2.14 bits per heavy atom. The van der Waals surface area contributed by atoms with E-state index in [-0.39, 0.29) is 4.90 Å². The number of aromatic amines is 1. The van der Waals surface area contributed by atoms with E-state index in [4.69, 9.17) is 9.66 Å². The monoisotopic (exact) mass is 316 g/mol. The van der Waals surface area contributed by atoms with E-state index in [0.29, 0.717) is 16.8 Å². The lowest BCUT2D eigenvalue weighted by Gasteiger charge is -2.03. The minimum absolute atomic E-state index is 0.0163. The highest BCUT2D eigenvalue weighted by Gasteiger charge is 2.16. The molecule has 0 radical (unpaired) electrons. The van der Waals surface area contributed by atoms with Gasteiger partial charge in [-0.3, -0.25) is 0 Å². The van der Waals surface area contributed by atoms with Gasteiger partial charge in [-0.25, -0.2) is 23.5 Å². The Hall–Kier alpha value is -2.64. The van der Waals surface area contributed by atoms with Crippen LogP contribution in [0, 0.1) is 0 Å². The van der Waals surface area contributed by atoms with E-state index < -0.39 is 15.6 Å². The fourth-order valence-electron chi connectivity index (χ4n) is 2.18. The van der Waals surface area contributed by atoms with Crippen LogP contribution < -0.4 is 10.8 Å². The normalized spacial score (nSPS) is 11.5. The Labute approximate surface area is 126 Å². The smallest absolute Gasteiger partial charge is 0.338 e. The molecule has 0 saturated heterocycles. The molecular weight excluding hydrogens is 304 g/mol. The number of hydrogen-bond acceptors (Lipinski definition) is 4. The lowest BCUT2D eigenvalue weighted by molar-refractivity contribution is 0.394. The molecule has 2 aromatic carbocycles. The van der Waals surface area contributed by atoms with Crippen molar-refractivity contribution in [1.82, 2.24) is 5.16 Å². The van der Waals surface area contributed by atoms with Crippen LogP contribution in [0.15, 0.2) is 68.8 Å². The zero-order chi connectivity index (χ0) is 15.7. The van der Waals surface area contributed by atoms with Gasteiger partial charge in [-0.2, -0.15) is 0 Å². The van der Waals surface area contributed by atoms with Gasteiger partial charge in [-0.15, -0.1) is 0 Å². The zero-order valence-corrected chi connectivity index (χ0v) is 12.1. The van der Waals surface area contributed by atoms with Gasteiger partial charge in [0.15, 0.2) is 0 Å². The van der Waals surface area contributed by atoms with Crippen LogP contribution in [0.1, 0.15) is 0 Å². The van der Waals surface area contributed by atoms with Crippen molar-refractivity contribution in [1.29, 1.82) is 0 Å². The van der Waals surface area contributed by atoms with Crippen LogP contribution in [0.4, 0.5) is 0 Å². The van der Waals surface area contributed by atoms with Crippen molar-refractivity contribution >= 4 is 10.0 Å². The lowest BCUT2D eigenvalue weighted by Crippen LogP contribution is -2.11. The molecule has 0 aliphatic heterocycles. The zero-order valence-electron chi connectivity index (χ0n) is 11.3. The molecular formula is C15H12N2O4S. The molecule has 0 unspecified atom stereocenters. The second-order valence-electron chi connectivity index (χ2n) is 4.68. The van der Waals surface area contributed by atoms with Crippen LogP contribution in [-0.4, -0.2) is 13.6 Å². The molecule has 3 aromatic rings. The van der Waals surface area contributed by atoms with E-state index in [0.717, 1.165) is 5.56 Å². The predicted molar refractivity (Wildman–Crippen MR) is 81.6 cm³/mol. The number of aromatic nitrogens is 1. The standard InChI is InChI=1S/C15H12N2O4S/c16-22(19,20)12-8-6-10(7-9-12)13-14(17-21-15(13)18)11-4-2-1-3-5-11/h1-9,17H,(H2,16,19,20). The molecule has 0 saturated carbocycles. The molecule has 3 rings (SSSR count). The second-order valence-corrected chi connectivity index (χ2v) is 6.24. The number of nitrogens with two attached hydrogens (primary N) is 1. The number of sulfonamides is 1. The molecule has 112 valence electrons. The number of H-pyrrole nitrogens is 1. The molecule has 6 nitrogen and oxygen atoms in total. The van der Waals surface area contributed by atoms with Gasteiger partial charge in [0.1, 0.15) is 0 Å². The summed E-state index contributed by atoms with van der Waals surface area (Å²) in [6, 6.07) is 15.0. The van der Waals surface area contributed by atoms with Crippen LogP contribution in [-0.2, 0) is 10.0 Å². The summed E-state index contributed by atoms with van der Waals surface area (Å²) in [6.07, 6.45) is 0. The van der Waals surface area contributed by atoms with E-state index in [1.807, 2.05) is 30.3 Å². The average molecular weight is 316 g/mol. The third kappa shape index (κ3) is 2.59. The number of benzene rings is 2. The van der Waals surface area contributed by atoms with Crippen LogP contribution in [0.3, 0.4) is 0 Å². The highest BCUT2D eigenvalue weighted by atomic mass is 32.2. The van der Waals surface area contributed by atoms with Crippen molar-refractivity contribution in [2.75, 3.05) is 0 Å². The Morgan fingerprint density at radius 2 is 1.55 bits per heavy atom. The first-order valence-corrected chi connectivity index (χ1v) is 7.91. The van der Waals surface area contributed by atoms with Crippen molar-refractivity contribution in [3.63, 3.8) is 0 Å². The summed E-state index contributed by atoms with van der Waals surface area (Å²) in [4.78, 5) is 11.9. The van der Waals surface area contributed by atoms with Crippen molar-refractivity contribution in [3.05, 3.63) is 65.0 Å². The topological polar surface area (TPSA) is 106 Å². The maximum atomic E-state index is 12.0. The Morgan fingerprint density at radius 1 is 0.909 bits per heavy atom. The number of primary sulfonamides is 1. The summed E-state index contributed by atoms with van der Waals surface area (Å²) in [5.41, 5.74) is 1.68. The fraction of sp³-hybridized carbons (Fsp3) is 0. The summed E-state index contributed by atoms with van der Waals surface area (Å²) in [7, 11) is -3.77. The molecule has 0 aliphatic rings. The molecule has 0 aliphatic carbocycles. The van der Waals surface area contributed by atoms with Crippen molar-refractivity contribution in [3.8, 4) is 22.4 Å². The summed E-state index contributed by atoms with van der Waals surface area (Å²) in [5.74, 6) is 0. The van der Waals surface area contributed by atoms with Gasteiger partial charge in [-0.1, -0.05) is 42.5 Å². The van der Waals surface area contributed by atoms with E-state index in [1.54, 1.807) is 0 Å². The minimum atomic E-state index is -3.77. The number of hydrogen-bond donors (Lipinski definition) is 2. The Bertz CT molecular complexity index is 955. The van der Waals surface area contributed by atoms with Gasteiger partial charge in [0.05, 0.1) is 16.2 Å². The van der Waals surface area contributed by atoms with Gasteiger partial charge in [0, 0.05) is 5.56 Å². The quantitative estimate of drug-likeness (QED) is 0.770. The van der Waals surface area contributed by atoms with Crippen LogP contribution in [0.2, 0.25) is 0 Å². The lowest BCUT2D eigenvalue weighted by atomic mass is 10.0. The molecule has 1 heterocycles. The summed E-state index contributed by atoms with van der Waals surface area (Å²) in [5, 5.41) is 7.67. The van der Waals surface area contributed by atoms with Crippen molar-refractivity contribution < 1.29 is 12.9 Å². The Balaban J connectivity index is 2.14. The molecule has 0 amide bonds. The summed E-state index contributed by atoms with van der Waals surface area (Å²) < 4.78 is 27.4. The molecule has 0 bridgehead atoms. The molecule has 22 heavy (non-hydrogen) atoms. The van der Waals surface area contributed by atoms with Gasteiger partial charge in [0.25, 0.3) is 0 Å².